The van der Waals surface area contributed by atoms with Gasteiger partial charge in [-0.25, -0.2) is 4.39 Å². The van der Waals surface area contributed by atoms with Crippen molar-refractivity contribution in [1.82, 2.24) is 4.90 Å². The number of hydroxylamine groups is 1. The molecule has 152 valence electrons. The van der Waals surface area contributed by atoms with E-state index in [1.54, 1.807) is 30.6 Å². The van der Waals surface area contributed by atoms with E-state index in [1.165, 1.54) is 23.9 Å². The van der Waals surface area contributed by atoms with Gasteiger partial charge in [0.1, 0.15) is 11.5 Å². The van der Waals surface area contributed by atoms with Gasteiger partial charge in [0.25, 0.3) is 0 Å². The van der Waals surface area contributed by atoms with E-state index in [0.717, 1.165) is 37.5 Å². The van der Waals surface area contributed by atoms with E-state index in [1.807, 2.05) is 0 Å². The van der Waals surface area contributed by atoms with Gasteiger partial charge in [-0.05, 0) is 43.0 Å². The summed E-state index contributed by atoms with van der Waals surface area (Å²) < 4.78 is 19.8. The molecule has 1 aliphatic rings. The van der Waals surface area contributed by atoms with Gasteiger partial charge < -0.3 is 9.64 Å². The molecule has 2 aromatic rings. The van der Waals surface area contributed by atoms with E-state index in [4.69, 9.17) is 9.57 Å². The van der Waals surface area contributed by atoms with E-state index in [9.17, 15) is 9.18 Å². The quantitative estimate of drug-likeness (QED) is 0.626. The Morgan fingerprint density at radius 1 is 1.32 bits per heavy atom. The Labute approximate surface area is 169 Å². The maximum atomic E-state index is 14.1. The molecule has 0 radical (unpaired) electrons. The molecule has 2 atom stereocenters. The molecule has 1 amide bonds. The van der Waals surface area contributed by atoms with Crippen LogP contribution in [0.2, 0.25) is 0 Å². The highest BCUT2D eigenvalue weighted by atomic mass is 32.1. The standard InChI is InChI=1S/C21H27FN2O3S/c1-16(25)24(20-8-4-3-7-19(20)22)27-15-17-9-11-23(14-21(17)26-2)12-10-18-6-5-13-28-18/h3-8,13,17,21H,9-12,14-15H2,1-2H3. The Kier molecular flexibility index (Phi) is 7.56. The zero-order valence-electron chi connectivity index (χ0n) is 16.3. The number of thiophene rings is 1. The average Bonchev–Trinajstić information content (AvgIpc) is 3.21. The molecule has 3 rings (SSSR count). The number of para-hydroxylation sites is 1. The van der Waals surface area contributed by atoms with Crippen LogP contribution in [0.1, 0.15) is 18.2 Å². The highest BCUT2D eigenvalue weighted by molar-refractivity contribution is 7.09. The number of anilines is 1. The average molecular weight is 407 g/mol. The number of piperidine rings is 1. The smallest absolute Gasteiger partial charge is 0.247 e. The number of hydrogen-bond donors (Lipinski definition) is 0. The molecular weight excluding hydrogens is 379 g/mol. The third-order valence-corrected chi connectivity index (χ3v) is 6.05. The first kappa shape index (κ1) is 20.9. The molecule has 0 aliphatic carbocycles. The van der Waals surface area contributed by atoms with Crippen LogP contribution >= 0.6 is 11.3 Å². The Morgan fingerprint density at radius 3 is 2.82 bits per heavy atom. The molecule has 1 fully saturated rings. The number of rotatable bonds is 8. The van der Waals surface area contributed by atoms with Gasteiger partial charge in [0.05, 0.1) is 12.7 Å². The molecule has 1 aromatic carbocycles. The Morgan fingerprint density at radius 2 is 2.14 bits per heavy atom. The number of nitrogens with zero attached hydrogens (tertiary/aromatic N) is 2. The van der Waals surface area contributed by atoms with Crippen molar-refractivity contribution >= 4 is 22.9 Å². The summed E-state index contributed by atoms with van der Waals surface area (Å²) in [5.74, 6) is -0.687. The predicted octanol–water partition coefficient (Wildman–Crippen LogP) is 3.75. The second kappa shape index (κ2) is 10.1. The zero-order valence-corrected chi connectivity index (χ0v) is 17.2. The van der Waals surface area contributed by atoms with Gasteiger partial charge in [-0.3, -0.25) is 9.63 Å². The van der Waals surface area contributed by atoms with Crippen LogP contribution in [0.4, 0.5) is 10.1 Å². The number of carbonyl (C=O) groups excluding carboxylic acids is 1. The van der Waals surface area contributed by atoms with Gasteiger partial charge in [0.2, 0.25) is 5.91 Å². The monoisotopic (exact) mass is 406 g/mol. The first-order valence-corrected chi connectivity index (χ1v) is 10.4. The summed E-state index contributed by atoms with van der Waals surface area (Å²) in [6.45, 7) is 4.47. The van der Waals surface area contributed by atoms with Crippen molar-refractivity contribution in [2.75, 3.05) is 38.4 Å². The van der Waals surface area contributed by atoms with Crippen LogP contribution in [0.25, 0.3) is 0 Å². The SMILES string of the molecule is COC1CN(CCc2cccs2)CCC1CON(C(C)=O)c1ccccc1F. The van der Waals surface area contributed by atoms with E-state index in [0.29, 0.717) is 6.61 Å². The van der Waals surface area contributed by atoms with Crippen LogP contribution in [-0.4, -0.2) is 50.3 Å². The normalized spacial score (nSPS) is 20.2. The molecule has 1 aliphatic heterocycles. The predicted molar refractivity (Wildman–Crippen MR) is 109 cm³/mol. The fourth-order valence-corrected chi connectivity index (χ4v) is 4.23. The lowest BCUT2D eigenvalue weighted by Crippen LogP contribution is -2.47. The van der Waals surface area contributed by atoms with Crippen molar-refractivity contribution in [3.8, 4) is 0 Å². The topological polar surface area (TPSA) is 42.0 Å². The summed E-state index contributed by atoms with van der Waals surface area (Å²) in [6.07, 6.45) is 1.97. The molecule has 2 unspecified atom stereocenters. The summed E-state index contributed by atoms with van der Waals surface area (Å²) in [5.41, 5.74) is 0.136. The summed E-state index contributed by atoms with van der Waals surface area (Å²) in [4.78, 5) is 21.5. The van der Waals surface area contributed by atoms with Gasteiger partial charge in [-0.1, -0.05) is 18.2 Å². The second-order valence-corrected chi connectivity index (χ2v) is 8.05. The molecule has 1 aromatic heterocycles. The number of methoxy groups -OCH3 is 1. The van der Waals surface area contributed by atoms with E-state index >= 15 is 0 Å². The Hall–Kier alpha value is -1.80. The fraction of sp³-hybridized carbons (Fsp3) is 0.476. The lowest BCUT2D eigenvalue weighted by molar-refractivity contribution is -0.126. The molecule has 0 saturated carbocycles. The highest BCUT2D eigenvalue weighted by Crippen LogP contribution is 2.24. The van der Waals surface area contributed by atoms with E-state index < -0.39 is 5.82 Å². The third-order valence-electron chi connectivity index (χ3n) is 5.11. The van der Waals surface area contributed by atoms with Crippen LogP contribution in [0.15, 0.2) is 41.8 Å². The molecular formula is C21H27FN2O3S. The van der Waals surface area contributed by atoms with Gasteiger partial charge in [-0.2, -0.15) is 5.06 Å². The summed E-state index contributed by atoms with van der Waals surface area (Å²) in [7, 11) is 1.71. The van der Waals surface area contributed by atoms with Crippen LogP contribution in [-0.2, 0) is 20.8 Å². The Balaban J connectivity index is 1.55. The number of amides is 1. The van der Waals surface area contributed by atoms with Crippen molar-refractivity contribution in [1.29, 1.82) is 0 Å². The van der Waals surface area contributed by atoms with Crippen molar-refractivity contribution in [3.05, 3.63) is 52.5 Å². The van der Waals surface area contributed by atoms with E-state index in [-0.39, 0.29) is 23.6 Å². The van der Waals surface area contributed by atoms with Crippen LogP contribution in [0.5, 0.6) is 0 Å². The molecule has 0 N–H and O–H groups in total. The number of carbonyl (C=O) groups is 1. The fourth-order valence-electron chi connectivity index (χ4n) is 3.53. The minimum atomic E-state index is -0.482. The number of ether oxygens (including phenoxy) is 1. The minimum Gasteiger partial charge on any atom is -0.380 e. The van der Waals surface area contributed by atoms with Crippen molar-refractivity contribution in [2.45, 2.75) is 25.9 Å². The number of likely N-dealkylation sites (tertiary alicyclic amines) is 1. The number of hydrogen-bond acceptors (Lipinski definition) is 5. The summed E-state index contributed by atoms with van der Waals surface area (Å²) in [6, 6.07) is 10.4. The van der Waals surface area contributed by atoms with Crippen LogP contribution in [0, 0.1) is 11.7 Å². The summed E-state index contributed by atoms with van der Waals surface area (Å²) in [5, 5.41) is 3.15. The van der Waals surface area contributed by atoms with Crippen molar-refractivity contribution in [2.24, 2.45) is 5.92 Å². The minimum absolute atomic E-state index is 0.0199. The molecule has 0 spiro atoms. The Bertz CT molecular complexity index is 756. The second-order valence-electron chi connectivity index (χ2n) is 7.01. The first-order valence-electron chi connectivity index (χ1n) is 9.54. The van der Waals surface area contributed by atoms with Gasteiger partial charge >= 0.3 is 0 Å². The van der Waals surface area contributed by atoms with Gasteiger partial charge in [-0.15, -0.1) is 11.3 Å². The molecule has 28 heavy (non-hydrogen) atoms. The summed E-state index contributed by atoms with van der Waals surface area (Å²) >= 11 is 1.79. The molecule has 0 bridgehead atoms. The first-order chi connectivity index (χ1) is 13.6. The van der Waals surface area contributed by atoms with Gasteiger partial charge in [0.15, 0.2) is 0 Å². The van der Waals surface area contributed by atoms with Crippen LogP contribution < -0.4 is 5.06 Å². The zero-order chi connectivity index (χ0) is 19.9. The maximum absolute atomic E-state index is 14.1. The molecule has 2 heterocycles. The van der Waals surface area contributed by atoms with Crippen molar-refractivity contribution < 1.29 is 18.8 Å². The highest BCUT2D eigenvalue weighted by Gasteiger charge is 2.30. The number of halogens is 1. The van der Waals surface area contributed by atoms with Gasteiger partial charge in [0, 0.05) is 37.9 Å². The third kappa shape index (κ3) is 5.38. The van der Waals surface area contributed by atoms with E-state index in [2.05, 4.69) is 22.4 Å². The van der Waals surface area contributed by atoms with Crippen molar-refractivity contribution in [3.63, 3.8) is 0 Å². The van der Waals surface area contributed by atoms with Crippen LogP contribution in [0.3, 0.4) is 0 Å². The largest absolute Gasteiger partial charge is 0.380 e. The molecule has 7 heteroatoms. The molecule has 5 nitrogen and oxygen atoms in total. The number of benzene rings is 1. The maximum Gasteiger partial charge on any atom is 0.247 e. The lowest BCUT2D eigenvalue weighted by atomic mass is 9.94. The molecule has 1 saturated heterocycles. The lowest BCUT2D eigenvalue weighted by Gasteiger charge is -2.38.